The van der Waals surface area contributed by atoms with Crippen LogP contribution in [0.4, 0.5) is 13.2 Å². The molecule has 1 N–H and O–H groups in total. The van der Waals surface area contributed by atoms with Crippen molar-refractivity contribution in [2.45, 2.75) is 6.36 Å². The van der Waals surface area contributed by atoms with E-state index in [0.717, 1.165) is 6.20 Å². The minimum atomic E-state index is -5.00. The summed E-state index contributed by atoms with van der Waals surface area (Å²) in [6, 6.07) is 0. The van der Waals surface area contributed by atoms with Crippen LogP contribution >= 0.6 is 34.2 Å². The molecule has 88 valence electrons. The Bertz CT molecular complexity index is 438. The Hall–Kier alpha value is -0.770. The number of nitrogens with zero attached hydrogens (tertiary/aromatic N) is 1. The molecule has 0 aliphatic heterocycles. The minimum Gasteiger partial charge on any atom is -0.505 e. The normalized spacial score (nSPS) is 11.3. The highest BCUT2D eigenvalue weighted by Crippen LogP contribution is 2.35. The number of carbonyl (C=O) groups excluding carboxylic acids is 1. The summed E-state index contributed by atoms with van der Waals surface area (Å²) in [5.41, 5.74) is -0.765. The lowest BCUT2D eigenvalue weighted by molar-refractivity contribution is -0.275. The van der Waals surface area contributed by atoms with Gasteiger partial charge in [-0.1, -0.05) is 0 Å². The SMILES string of the molecule is O=C(Cl)c1c(O)cnc(I)c1OC(F)(F)F. The Balaban J connectivity index is 3.35. The van der Waals surface area contributed by atoms with Crippen molar-refractivity contribution < 1.29 is 27.8 Å². The van der Waals surface area contributed by atoms with Gasteiger partial charge in [0.2, 0.25) is 0 Å². The molecule has 4 nitrogen and oxygen atoms in total. The molecule has 16 heavy (non-hydrogen) atoms. The molecule has 0 saturated carbocycles. The summed E-state index contributed by atoms with van der Waals surface area (Å²) < 4.78 is 39.4. The highest BCUT2D eigenvalue weighted by Gasteiger charge is 2.35. The van der Waals surface area contributed by atoms with E-state index in [-0.39, 0.29) is 3.70 Å². The quantitative estimate of drug-likeness (QED) is 0.496. The van der Waals surface area contributed by atoms with Gasteiger partial charge in [-0.25, -0.2) is 4.98 Å². The molecular formula is C7H2ClF3INO3. The largest absolute Gasteiger partial charge is 0.573 e. The predicted octanol–water partition coefficient (Wildman–Crippen LogP) is 2.67. The van der Waals surface area contributed by atoms with Gasteiger partial charge in [-0.3, -0.25) is 4.79 Å². The zero-order valence-electron chi connectivity index (χ0n) is 7.18. The van der Waals surface area contributed by atoms with E-state index in [0.29, 0.717) is 0 Å². The molecule has 0 aliphatic rings. The fourth-order valence-corrected chi connectivity index (χ4v) is 1.56. The first-order chi connectivity index (χ1) is 7.22. The van der Waals surface area contributed by atoms with Crippen LogP contribution in [0.15, 0.2) is 6.20 Å². The third-order valence-corrected chi connectivity index (χ3v) is 2.34. The summed E-state index contributed by atoms with van der Waals surface area (Å²) in [5, 5.41) is 7.90. The van der Waals surface area contributed by atoms with Crippen molar-refractivity contribution in [1.82, 2.24) is 4.98 Å². The molecule has 9 heteroatoms. The van der Waals surface area contributed by atoms with Gasteiger partial charge >= 0.3 is 6.36 Å². The average Bonchev–Trinajstić information content (AvgIpc) is 2.08. The molecule has 0 radical (unpaired) electrons. The summed E-state index contributed by atoms with van der Waals surface area (Å²) in [4.78, 5) is 14.3. The van der Waals surface area contributed by atoms with Gasteiger partial charge in [-0.15, -0.1) is 13.2 Å². The van der Waals surface area contributed by atoms with E-state index in [1.165, 1.54) is 22.6 Å². The smallest absolute Gasteiger partial charge is 0.505 e. The van der Waals surface area contributed by atoms with Crippen molar-refractivity contribution in [3.05, 3.63) is 15.5 Å². The van der Waals surface area contributed by atoms with Gasteiger partial charge in [0.15, 0.2) is 5.75 Å². The molecule has 0 aliphatic carbocycles. The minimum absolute atomic E-state index is 0.239. The third kappa shape index (κ3) is 3.11. The number of alkyl halides is 3. The first kappa shape index (κ1) is 13.3. The molecule has 1 rings (SSSR count). The first-order valence-corrected chi connectivity index (χ1v) is 5.01. The zero-order chi connectivity index (χ0) is 12.5. The van der Waals surface area contributed by atoms with Crippen LogP contribution in [0.5, 0.6) is 11.5 Å². The number of halogens is 5. The number of rotatable bonds is 2. The maximum absolute atomic E-state index is 12.0. The van der Waals surface area contributed by atoms with Crippen molar-refractivity contribution in [3.8, 4) is 11.5 Å². The van der Waals surface area contributed by atoms with Crippen molar-refractivity contribution in [2.75, 3.05) is 0 Å². The number of aromatic hydroxyl groups is 1. The van der Waals surface area contributed by atoms with Gasteiger partial charge < -0.3 is 9.84 Å². The Kier molecular flexibility index (Phi) is 3.84. The summed E-state index contributed by atoms with van der Waals surface area (Å²) in [6.07, 6.45) is -4.20. The van der Waals surface area contributed by atoms with Crippen LogP contribution in [0.2, 0.25) is 0 Å². The first-order valence-electron chi connectivity index (χ1n) is 3.55. The lowest BCUT2D eigenvalue weighted by atomic mass is 10.2. The lowest BCUT2D eigenvalue weighted by Gasteiger charge is -2.13. The van der Waals surface area contributed by atoms with E-state index in [9.17, 15) is 18.0 Å². The van der Waals surface area contributed by atoms with Gasteiger partial charge in [0.1, 0.15) is 15.0 Å². The number of aromatic nitrogens is 1. The van der Waals surface area contributed by atoms with Crippen molar-refractivity contribution >= 4 is 39.4 Å². The monoisotopic (exact) mass is 367 g/mol. The number of hydrogen-bond donors (Lipinski definition) is 1. The van der Waals surface area contributed by atoms with Crippen LogP contribution in [0.1, 0.15) is 10.4 Å². The van der Waals surface area contributed by atoms with E-state index in [1.807, 2.05) is 0 Å². The Labute approximate surface area is 106 Å². The van der Waals surface area contributed by atoms with Gasteiger partial charge in [-0.05, 0) is 34.2 Å². The van der Waals surface area contributed by atoms with Crippen LogP contribution in [-0.4, -0.2) is 21.7 Å². The third-order valence-electron chi connectivity index (χ3n) is 1.39. The molecule has 1 aromatic rings. The Morgan fingerprint density at radius 2 is 2.12 bits per heavy atom. The molecule has 0 bridgehead atoms. The van der Waals surface area contributed by atoms with E-state index in [4.69, 9.17) is 16.7 Å². The number of pyridine rings is 1. The number of ether oxygens (including phenoxy) is 1. The van der Waals surface area contributed by atoms with Crippen LogP contribution in [0.3, 0.4) is 0 Å². The number of carbonyl (C=O) groups is 1. The molecule has 0 aromatic carbocycles. The van der Waals surface area contributed by atoms with Crippen LogP contribution < -0.4 is 4.74 Å². The van der Waals surface area contributed by atoms with Crippen molar-refractivity contribution in [2.24, 2.45) is 0 Å². The summed E-state index contributed by atoms with van der Waals surface area (Å²) >= 11 is 6.45. The van der Waals surface area contributed by atoms with Crippen LogP contribution in [0.25, 0.3) is 0 Å². The maximum atomic E-state index is 12.0. The average molecular weight is 367 g/mol. The molecule has 0 fully saturated rings. The Morgan fingerprint density at radius 1 is 1.56 bits per heavy atom. The fraction of sp³-hybridized carbons (Fsp3) is 0.143. The van der Waals surface area contributed by atoms with E-state index in [1.54, 1.807) is 0 Å². The fourth-order valence-electron chi connectivity index (χ4n) is 0.859. The van der Waals surface area contributed by atoms with Gasteiger partial charge in [0, 0.05) is 0 Å². The molecule has 0 unspecified atom stereocenters. The second kappa shape index (κ2) is 4.62. The van der Waals surface area contributed by atoms with E-state index < -0.39 is 28.7 Å². The second-order valence-electron chi connectivity index (χ2n) is 2.46. The van der Waals surface area contributed by atoms with Crippen molar-refractivity contribution in [3.63, 3.8) is 0 Å². The summed E-state index contributed by atoms with van der Waals surface area (Å²) in [6.45, 7) is 0. The predicted molar refractivity (Wildman–Crippen MR) is 55.5 cm³/mol. The summed E-state index contributed by atoms with van der Waals surface area (Å²) in [7, 11) is 0. The molecule has 1 heterocycles. The van der Waals surface area contributed by atoms with E-state index >= 15 is 0 Å². The van der Waals surface area contributed by atoms with Crippen LogP contribution in [-0.2, 0) is 0 Å². The maximum Gasteiger partial charge on any atom is 0.573 e. The highest BCUT2D eigenvalue weighted by atomic mass is 127. The standard InChI is InChI=1S/C7H2ClF3INO3/c8-5(15)3-2(14)1-13-6(12)4(3)16-7(9,10)11/h1,14H. The molecule has 1 aromatic heterocycles. The van der Waals surface area contributed by atoms with Gasteiger partial charge in [-0.2, -0.15) is 0 Å². The van der Waals surface area contributed by atoms with Gasteiger partial charge in [0.05, 0.1) is 6.20 Å². The molecule has 0 atom stereocenters. The molecular weight excluding hydrogens is 365 g/mol. The topological polar surface area (TPSA) is 59.4 Å². The molecule has 0 amide bonds. The Morgan fingerprint density at radius 3 is 2.56 bits per heavy atom. The second-order valence-corrected chi connectivity index (χ2v) is 3.82. The highest BCUT2D eigenvalue weighted by molar-refractivity contribution is 14.1. The summed E-state index contributed by atoms with van der Waals surface area (Å²) in [5.74, 6) is -1.69. The van der Waals surface area contributed by atoms with Crippen LogP contribution in [0, 0.1) is 3.70 Å². The molecule has 0 spiro atoms. The van der Waals surface area contributed by atoms with E-state index in [2.05, 4.69) is 9.72 Å². The zero-order valence-corrected chi connectivity index (χ0v) is 10.1. The van der Waals surface area contributed by atoms with Crippen molar-refractivity contribution in [1.29, 1.82) is 0 Å². The van der Waals surface area contributed by atoms with Gasteiger partial charge in [0.25, 0.3) is 5.24 Å². The lowest BCUT2D eigenvalue weighted by Crippen LogP contribution is -2.19. The molecule has 0 saturated heterocycles. The number of hydrogen-bond acceptors (Lipinski definition) is 4.